The number of morpholine rings is 1. The van der Waals surface area contributed by atoms with Gasteiger partial charge in [0.15, 0.2) is 11.3 Å². The van der Waals surface area contributed by atoms with Crippen LogP contribution in [0.4, 0.5) is 20.3 Å². The van der Waals surface area contributed by atoms with Gasteiger partial charge in [0.25, 0.3) is 12.3 Å². The molecule has 0 aromatic carbocycles. The largest absolute Gasteiger partial charge is 0.371 e. The molecule has 1 amide bonds. The lowest BCUT2D eigenvalue weighted by molar-refractivity contribution is -0.112. The van der Waals surface area contributed by atoms with Gasteiger partial charge >= 0.3 is 0 Å². The van der Waals surface area contributed by atoms with E-state index in [1.54, 1.807) is 6.20 Å². The number of carbonyl (C=O) groups is 2. The summed E-state index contributed by atoms with van der Waals surface area (Å²) in [6.45, 7) is 2.07. The van der Waals surface area contributed by atoms with Crippen molar-refractivity contribution in [2.75, 3.05) is 29.9 Å². The summed E-state index contributed by atoms with van der Waals surface area (Å²) < 4.78 is 36.6. The highest BCUT2D eigenvalue weighted by atomic mass is 19.3. The fourth-order valence-electron chi connectivity index (χ4n) is 5.65. The molecular formula is C25H29F2N7O3. The van der Waals surface area contributed by atoms with Crippen molar-refractivity contribution in [1.82, 2.24) is 24.4 Å². The van der Waals surface area contributed by atoms with E-state index in [0.717, 1.165) is 37.9 Å². The number of carbonyl (C=O) groups excluding carboxylic acids is 2. The average Bonchev–Trinajstić information content (AvgIpc) is 3.52. The number of nitrogens with one attached hydrogen (secondary N) is 1. The van der Waals surface area contributed by atoms with Crippen LogP contribution in [0.15, 0.2) is 24.7 Å². The molecule has 1 aliphatic heterocycles. The molecule has 3 aliphatic rings. The Hall–Kier alpha value is -3.41. The summed E-state index contributed by atoms with van der Waals surface area (Å²) >= 11 is 0. The second-order valence-corrected chi connectivity index (χ2v) is 10.3. The lowest BCUT2D eigenvalue weighted by Crippen LogP contribution is -2.56. The van der Waals surface area contributed by atoms with Crippen molar-refractivity contribution < 1.29 is 23.1 Å². The van der Waals surface area contributed by atoms with Gasteiger partial charge in [-0.3, -0.25) is 9.48 Å². The van der Waals surface area contributed by atoms with Gasteiger partial charge in [0, 0.05) is 31.4 Å². The number of nitrogens with zero attached hydrogens (tertiary/aromatic N) is 6. The molecule has 0 radical (unpaired) electrons. The lowest BCUT2D eigenvalue weighted by atomic mass is 9.79. The molecule has 37 heavy (non-hydrogen) atoms. The molecule has 3 fully saturated rings. The summed E-state index contributed by atoms with van der Waals surface area (Å²) in [6, 6.07) is 1.77. The fourth-order valence-corrected chi connectivity index (χ4v) is 5.65. The number of hydrogen-bond acceptors (Lipinski definition) is 7. The van der Waals surface area contributed by atoms with Gasteiger partial charge in [-0.25, -0.2) is 18.3 Å². The quantitative estimate of drug-likeness (QED) is 0.500. The van der Waals surface area contributed by atoms with Gasteiger partial charge in [-0.05, 0) is 51.0 Å². The summed E-state index contributed by atoms with van der Waals surface area (Å²) in [7, 11) is 0. The Kier molecular flexibility index (Phi) is 6.13. The first-order valence-electron chi connectivity index (χ1n) is 12.8. The van der Waals surface area contributed by atoms with Crippen LogP contribution < -0.4 is 10.2 Å². The third kappa shape index (κ3) is 4.47. The molecule has 4 heterocycles. The van der Waals surface area contributed by atoms with E-state index in [1.807, 2.05) is 6.07 Å². The number of hydrogen-bond donors (Lipinski definition) is 1. The minimum absolute atomic E-state index is 0.00489. The third-order valence-corrected chi connectivity index (χ3v) is 7.96. The Labute approximate surface area is 212 Å². The van der Waals surface area contributed by atoms with Gasteiger partial charge < -0.3 is 19.7 Å². The van der Waals surface area contributed by atoms with Gasteiger partial charge in [-0.2, -0.15) is 10.2 Å². The van der Waals surface area contributed by atoms with E-state index in [0.29, 0.717) is 44.5 Å². The van der Waals surface area contributed by atoms with Crippen LogP contribution in [0.2, 0.25) is 0 Å². The highest BCUT2D eigenvalue weighted by Crippen LogP contribution is 2.39. The molecule has 1 spiro atoms. The zero-order chi connectivity index (χ0) is 25.6. The maximum atomic E-state index is 13.8. The van der Waals surface area contributed by atoms with Gasteiger partial charge in [-0.1, -0.05) is 0 Å². The molecule has 196 valence electrons. The van der Waals surface area contributed by atoms with Crippen molar-refractivity contribution in [1.29, 1.82) is 0 Å². The molecule has 12 heteroatoms. The summed E-state index contributed by atoms with van der Waals surface area (Å²) in [6.07, 6.45) is 8.65. The van der Waals surface area contributed by atoms with Crippen LogP contribution in [0.3, 0.4) is 0 Å². The first-order chi connectivity index (χ1) is 17.9. The molecule has 3 aromatic heterocycles. The molecule has 0 bridgehead atoms. The van der Waals surface area contributed by atoms with Gasteiger partial charge in [0.1, 0.15) is 17.7 Å². The van der Waals surface area contributed by atoms with Crippen LogP contribution in [-0.2, 0) is 9.53 Å². The average molecular weight is 514 g/mol. The molecule has 1 saturated heterocycles. The van der Waals surface area contributed by atoms with Gasteiger partial charge in [-0.15, -0.1) is 0 Å². The minimum Gasteiger partial charge on any atom is -0.371 e. The number of alkyl halides is 2. The van der Waals surface area contributed by atoms with Crippen LogP contribution in [0.25, 0.3) is 5.65 Å². The third-order valence-electron chi connectivity index (χ3n) is 7.96. The predicted octanol–water partition coefficient (Wildman–Crippen LogP) is 3.81. The van der Waals surface area contributed by atoms with Crippen LogP contribution in [0.1, 0.15) is 73.5 Å². The SMILES string of the molecule is O=CC1CCC(n2cc(NC(=O)c3cnn4ccc(N5CCOC6(CCC6)C5)nc34)c(C(F)F)n2)CC1. The lowest BCUT2D eigenvalue weighted by Gasteiger charge is -2.48. The maximum absolute atomic E-state index is 13.8. The predicted molar refractivity (Wildman–Crippen MR) is 130 cm³/mol. The number of aromatic nitrogens is 5. The van der Waals surface area contributed by atoms with E-state index < -0.39 is 18.0 Å². The van der Waals surface area contributed by atoms with Gasteiger partial charge in [0.2, 0.25) is 0 Å². The normalized spacial score (nSPS) is 23.4. The summed E-state index contributed by atoms with van der Waals surface area (Å²) in [5.41, 5.74) is -0.0800. The van der Waals surface area contributed by atoms with Crippen LogP contribution in [-0.4, -0.2) is 61.9 Å². The Balaban J connectivity index is 1.23. The fraction of sp³-hybridized carbons (Fsp3) is 0.560. The molecule has 6 rings (SSSR count). The van der Waals surface area contributed by atoms with Crippen molar-refractivity contribution >= 4 is 29.3 Å². The monoisotopic (exact) mass is 513 g/mol. The smallest absolute Gasteiger partial charge is 0.284 e. The molecule has 2 aliphatic carbocycles. The van der Waals surface area contributed by atoms with E-state index in [2.05, 4.69) is 20.4 Å². The molecular weight excluding hydrogens is 484 g/mol. The Morgan fingerprint density at radius 2 is 2.05 bits per heavy atom. The number of ether oxygens (including phenoxy) is 1. The van der Waals surface area contributed by atoms with Crippen LogP contribution >= 0.6 is 0 Å². The molecule has 0 unspecified atom stereocenters. The van der Waals surface area contributed by atoms with Crippen LogP contribution in [0.5, 0.6) is 0 Å². The van der Waals surface area contributed by atoms with E-state index in [9.17, 15) is 18.4 Å². The number of fused-ring (bicyclic) bond motifs is 1. The number of aldehydes is 1. The molecule has 3 aromatic rings. The molecule has 10 nitrogen and oxygen atoms in total. The van der Waals surface area contributed by atoms with Crippen molar-refractivity contribution in [3.63, 3.8) is 0 Å². The number of anilines is 2. The summed E-state index contributed by atoms with van der Waals surface area (Å²) in [5, 5.41) is 10.9. The van der Waals surface area contributed by atoms with E-state index in [1.165, 1.54) is 21.6 Å². The van der Waals surface area contributed by atoms with Gasteiger partial charge in [0.05, 0.1) is 30.1 Å². The first-order valence-corrected chi connectivity index (χ1v) is 12.8. The zero-order valence-electron chi connectivity index (χ0n) is 20.4. The van der Waals surface area contributed by atoms with E-state index in [4.69, 9.17) is 9.72 Å². The Bertz CT molecular complexity index is 1310. The topological polar surface area (TPSA) is 107 Å². The second-order valence-electron chi connectivity index (χ2n) is 10.3. The molecule has 2 saturated carbocycles. The van der Waals surface area contributed by atoms with Crippen molar-refractivity contribution in [3.05, 3.63) is 35.9 Å². The van der Waals surface area contributed by atoms with E-state index >= 15 is 0 Å². The standard InChI is InChI=1S/C25H29F2N7O3/c26-22(27)21-19(13-34(31-21)17-4-2-16(14-35)3-5-17)29-24(36)18-12-28-33-9-6-20(30-23(18)33)32-10-11-37-25(15-32)7-1-8-25/h6,9,12-14,16-17,22H,1-5,7-8,10-11,15H2,(H,29,36). The first kappa shape index (κ1) is 24.0. The van der Waals surface area contributed by atoms with Crippen molar-refractivity contribution in [2.24, 2.45) is 5.92 Å². The Morgan fingerprint density at radius 1 is 1.24 bits per heavy atom. The van der Waals surface area contributed by atoms with Crippen molar-refractivity contribution in [3.8, 4) is 0 Å². The van der Waals surface area contributed by atoms with E-state index in [-0.39, 0.29) is 28.8 Å². The molecule has 0 atom stereocenters. The minimum atomic E-state index is -2.85. The van der Waals surface area contributed by atoms with Crippen LogP contribution in [0, 0.1) is 5.92 Å². The number of amides is 1. The van der Waals surface area contributed by atoms with Crippen molar-refractivity contribution in [2.45, 2.75) is 63.0 Å². The highest BCUT2D eigenvalue weighted by Gasteiger charge is 2.42. The maximum Gasteiger partial charge on any atom is 0.284 e. The number of rotatable bonds is 6. The number of halogens is 2. The zero-order valence-corrected chi connectivity index (χ0v) is 20.4. The summed E-state index contributed by atoms with van der Waals surface area (Å²) in [5.74, 6) is 0.150. The summed E-state index contributed by atoms with van der Waals surface area (Å²) in [4.78, 5) is 31.1. The second kappa shape index (κ2) is 9.47. The Morgan fingerprint density at radius 3 is 2.76 bits per heavy atom. The highest BCUT2D eigenvalue weighted by molar-refractivity contribution is 6.08. The molecule has 1 N–H and O–H groups in total.